The zero-order valence-electron chi connectivity index (χ0n) is 14.8. The zero-order chi connectivity index (χ0) is 18.4. The number of benzene rings is 1. The summed E-state index contributed by atoms with van der Waals surface area (Å²) in [6.07, 6.45) is 4.43. The van der Waals surface area contributed by atoms with Crippen molar-refractivity contribution in [1.29, 1.82) is 0 Å². The van der Waals surface area contributed by atoms with Gasteiger partial charge in [-0.3, -0.25) is 9.59 Å². The van der Waals surface area contributed by atoms with Crippen LogP contribution in [0.1, 0.15) is 54.6 Å². The maximum Gasteiger partial charge on any atom is 0.251 e. The first-order valence-electron chi connectivity index (χ1n) is 8.92. The minimum Gasteiger partial charge on any atom is -0.494 e. The van der Waals surface area contributed by atoms with Crippen LogP contribution in [0.2, 0.25) is 0 Å². The van der Waals surface area contributed by atoms with E-state index >= 15 is 0 Å². The van der Waals surface area contributed by atoms with Gasteiger partial charge in [0.2, 0.25) is 5.91 Å². The Labute approximate surface area is 157 Å². The Balaban J connectivity index is 1.42. The van der Waals surface area contributed by atoms with Crippen molar-refractivity contribution in [2.75, 3.05) is 18.5 Å². The molecule has 26 heavy (non-hydrogen) atoms. The van der Waals surface area contributed by atoms with Gasteiger partial charge >= 0.3 is 0 Å². The Morgan fingerprint density at radius 1 is 1.27 bits per heavy atom. The van der Waals surface area contributed by atoms with Crippen molar-refractivity contribution in [1.82, 2.24) is 10.3 Å². The van der Waals surface area contributed by atoms with Crippen LogP contribution in [0, 0.1) is 0 Å². The van der Waals surface area contributed by atoms with E-state index in [1.54, 1.807) is 24.3 Å². The van der Waals surface area contributed by atoms with Gasteiger partial charge in [0.15, 0.2) is 5.13 Å². The average Bonchev–Trinajstić information content (AvgIpc) is 3.40. The van der Waals surface area contributed by atoms with Crippen LogP contribution in [0.25, 0.3) is 0 Å². The fraction of sp³-hybridized carbons (Fsp3) is 0.421. The summed E-state index contributed by atoms with van der Waals surface area (Å²) in [6.45, 7) is 2.68. The summed E-state index contributed by atoms with van der Waals surface area (Å²) in [5.41, 5.74) is 1.54. The Hall–Kier alpha value is -2.41. The molecule has 0 bridgehead atoms. The molecule has 138 valence electrons. The maximum absolute atomic E-state index is 12.1. The molecule has 0 spiro atoms. The molecule has 2 N–H and O–H groups in total. The lowest BCUT2D eigenvalue weighted by Gasteiger charge is -2.07. The second-order valence-corrected chi connectivity index (χ2v) is 7.17. The molecule has 0 atom stereocenters. The normalized spacial score (nSPS) is 13.3. The number of carbonyl (C=O) groups is 2. The van der Waals surface area contributed by atoms with Gasteiger partial charge in [-0.2, -0.15) is 0 Å². The molecule has 1 aromatic heterocycles. The summed E-state index contributed by atoms with van der Waals surface area (Å²) < 4.78 is 5.57. The number of hydrogen-bond acceptors (Lipinski definition) is 5. The molecule has 3 rings (SSSR count). The van der Waals surface area contributed by atoms with Gasteiger partial charge in [0, 0.05) is 16.9 Å². The smallest absolute Gasteiger partial charge is 0.251 e. The summed E-state index contributed by atoms with van der Waals surface area (Å²) in [5, 5.41) is 7.91. The Kier molecular flexibility index (Phi) is 6.22. The van der Waals surface area contributed by atoms with Crippen molar-refractivity contribution in [3.05, 3.63) is 40.9 Å². The number of unbranched alkanes of at least 4 members (excludes halogenated alkanes) is 1. The van der Waals surface area contributed by atoms with Crippen molar-refractivity contribution in [3.63, 3.8) is 0 Å². The monoisotopic (exact) mass is 373 g/mol. The number of rotatable bonds is 9. The van der Waals surface area contributed by atoms with Crippen LogP contribution >= 0.6 is 11.3 Å². The third-order valence-corrected chi connectivity index (χ3v) is 4.83. The molecule has 0 radical (unpaired) electrons. The lowest BCUT2D eigenvalue weighted by atomic mass is 10.2. The van der Waals surface area contributed by atoms with Crippen LogP contribution in [0.5, 0.6) is 5.75 Å². The van der Waals surface area contributed by atoms with Gasteiger partial charge in [0.25, 0.3) is 5.91 Å². The number of ether oxygens (including phenoxy) is 1. The number of carbonyl (C=O) groups excluding carboxylic acids is 2. The Morgan fingerprint density at radius 3 is 2.73 bits per heavy atom. The molecule has 1 aliphatic rings. The summed E-state index contributed by atoms with van der Waals surface area (Å²) >= 11 is 1.42. The molecule has 1 heterocycles. The van der Waals surface area contributed by atoms with Gasteiger partial charge in [-0.25, -0.2) is 4.98 Å². The number of nitrogens with zero attached hydrogens (tertiary/aromatic N) is 1. The van der Waals surface area contributed by atoms with Gasteiger partial charge in [-0.1, -0.05) is 13.3 Å². The van der Waals surface area contributed by atoms with E-state index in [0.29, 0.717) is 23.2 Å². The van der Waals surface area contributed by atoms with Gasteiger partial charge in [-0.15, -0.1) is 11.3 Å². The van der Waals surface area contributed by atoms with E-state index in [2.05, 4.69) is 22.5 Å². The van der Waals surface area contributed by atoms with Crippen LogP contribution in [0.4, 0.5) is 5.13 Å². The molecule has 0 aliphatic heterocycles. The first-order valence-corrected chi connectivity index (χ1v) is 9.80. The van der Waals surface area contributed by atoms with E-state index in [1.165, 1.54) is 24.2 Å². The fourth-order valence-corrected chi connectivity index (χ4v) is 3.18. The van der Waals surface area contributed by atoms with E-state index in [9.17, 15) is 9.59 Å². The topological polar surface area (TPSA) is 80.3 Å². The highest BCUT2D eigenvalue weighted by Gasteiger charge is 2.26. The van der Waals surface area contributed by atoms with Gasteiger partial charge in [0.1, 0.15) is 5.75 Å². The summed E-state index contributed by atoms with van der Waals surface area (Å²) in [6, 6.07) is 6.91. The molecule has 6 nitrogen and oxygen atoms in total. The van der Waals surface area contributed by atoms with Gasteiger partial charge in [-0.05, 0) is 43.5 Å². The minimum absolute atomic E-state index is 0.0913. The Bertz CT molecular complexity index is 754. The van der Waals surface area contributed by atoms with Crippen LogP contribution in [-0.4, -0.2) is 29.9 Å². The molecule has 1 fully saturated rings. The third kappa shape index (κ3) is 5.29. The maximum atomic E-state index is 12.1. The van der Waals surface area contributed by atoms with Gasteiger partial charge < -0.3 is 15.4 Å². The van der Waals surface area contributed by atoms with Crippen molar-refractivity contribution < 1.29 is 14.3 Å². The van der Waals surface area contributed by atoms with E-state index in [4.69, 9.17) is 4.74 Å². The number of amides is 2. The second-order valence-electron chi connectivity index (χ2n) is 6.31. The molecule has 2 aromatic rings. The highest BCUT2D eigenvalue weighted by Crippen LogP contribution is 2.40. The molecule has 7 heteroatoms. The van der Waals surface area contributed by atoms with Crippen molar-refractivity contribution in [2.24, 2.45) is 0 Å². The van der Waals surface area contributed by atoms with E-state index in [-0.39, 0.29) is 18.4 Å². The predicted molar refractivity (Wildman–Crippen MR) is 102 cm³/mol. The first-order chi connectivity index (χ1) is 12.7. The van der Waals surface area contributed by atoms with Crippen LogP contribution in [0.3, 0.4) is 0 Å². The summed E-state index contributed by atoms with van der Waals surface area (Å²) in [4.78, 5) is 28.5. The first kappa shape index (κ1) is 18.4. The Morgan fingerprint density at radius 2 is 2.04 bits per heavy atom. The standard InChI is InChI=1S/C19H23N3O3S/c1-2-3-10-25-15-8-6-14(7-9-15)18(24)20-11-17(23)22-19-21-16(12-26-19)13-4-5-13/h6-9,12-13H,2-5,10-11H2,1H3,(H,20,24)(H,21,22,23). The molecule has 0 saturated heterocycles. The molecule has 1 saturated carbocycles. The summed E-state index contributed by atoms with van der Waals surface area (Å²) in [5.74, 6) is 0.723. The van der Waals surface area contributed by atoms with Crippen molar-refractivity contribution in [2.45, 2.75) is 38.5 Å². The minimum atomic E-state index is -0.293. The predicted octanol–water partition coefficient (Wildman–Crippen LogP) is 3.57. The fourth-order valence-electron chi connectivity index (χ4n) is 2.37. The molecule has 1 aliphatic carbocycles. The number of aromatic nitrogens is 1. The van der Waals surface area contributed by atoms with Crippen LogP contribution < -0.4 is 15.4 Å². The van der Waals surface area contributed by atoms with E-state index in [0.717, 1.165) is 24.3 Å². The number of anilines is 1. The SMILES string of the molecule is CCCCOc1ccc(C(=O)NCC(=O)Nc2nc(C3CC3)cs2)cc1. The summed E-state index contributed by atoms with van der Waals surface area (Å²) in [7, 11) is 0. The quantitative estimate of drug-likeness (QED) is 0.659. The largest absolute Gasteiger partial charge is 0.494 e. The van der Waals surface area contributed by atoms with Crippen molar-refractivity contribution in [3.8, 4) is 5.75 Å². The number of nitrogens with one attached hydrogen (secondary N) is 2. The van der Waals surface area contributed by atoms with Crippen LogP contribution in [-0.2, 0) is 4.79 Å². The molecular weight excluding hydrogens is 350 g/mol. The van der Waals surface area contributed by atoms with Gasteiger partial charge in [0.05, 0.1) is 18.8 Å². The lowest BCUT2D eigenvalue weighted by Crippen LogP contribution is -2.32. The molecule has 2 amide bonds. The van der Waals surface area contributed by atoms with E-state index < -0.39 is 0 Å². The lowest BCUT2D eigenvalue weighted by molar-refractivity contribution is -0.115. The average molecular weight is 373 g/mol. The highest BCUT2D eigenvalue weighted by molar-refractivity contribution is 7.13. The van der Waals surface area contributed by atoms with Crippen LogP contribution in [0.15, 0.2) is 29.6 Å². The zero-order valence-corrected chi connectivity index (χ0v) is 15.6. The van der Waals surface area contributed by atoms with E-state index in [1.807, 2.05) is 5.38 Å². The number of hydrogen-bond donors (Lipinski definition) is 2. The number of thiazole rings is 1. The highest BCUT2D eigenvalue weighted by atomic mass is 32.1. The van der Waals surface area contributed by atoms with Crippen molar-refractivity contribution >= 4 is 28.3 Å². The third-order valence-electron chi connectivity index (χ3n) is 4.06. The molecule has 0 unspecified atom stereocenters. The molecule has 1 aromatic carbocycles. The second kappa shape index (κ2) is 8.80. The molecular formula is C19H23N3O3S.